The molecule has 2 atom stereocenters. The Balaban J connectivity index is 0.00000121. The van der Waals surface area contributed by atoms with E-state index in [4.69, 9.17) is 21.0 Å². The minimum absolute atomic E-state index is 0. The van der Waals surface area contributed by atoms with Gasteiger partial charge >= 0.3 is 0 Å². The highest BCUT2D eigenvalue weighted by Crippen LogP contribution is 2.23. The fourth-order valence-corrected chi connectivity index (χ4v) is 3.87. The summed E-state index contributed by atoms with van der Waals surface area (Å²) in [6.45, 7) is 1.66. The zero-order valence-electron chi connectivity index (χ0n) is 20.2. The zero-order chi connectivity index (χ0) is 26.8. The maximum Gasteiger partial charge on any atom is 0.290 e. The number of carboxylic acid groups (broad SMARTS) is 1. The second-order valence-electron chi connectivity index (χ2n) is 8.27. The molecule has 4 rings (SSSR count). The minimum atomic E-state index is -1.03. The van der Waals surface area contributed by atoms with Crippen molar-refractivity contribution in [3.63, 3.8) is 0 Å². The molecular weight excluding hydrogens is 480 g/mol. The first kappa shape index (κ1) is 29.3. The van der Waals surface area contributed by atoms with Gasteiger partial charge in [-0.1, -0.05) is 74.2 Å². The highest BCUT2D eigenvalue weighted by Gasteiger charge is 2.29. The third-order valence-electron chi connectivity index (χ3n) is 5.75. The molecule has 4 aromatic rings. The predicted octanol–water partition coefficient (Wildman–Crippen LogP) is 5.06. The summed E-state index contributed by atoms with van der Waals surface area (Å²) >= 11 is 0. The van der Waals surface area contributed by atoms with Crippen LogP contribution in [0.15, 0.2) is 97.1 Å². The molecule has 0 saturated heterocycles. The largest absolute Gasteiger partial charge is 0.483 e. The maximum absolute atomic E-state index is 13.3. The molecule has 6 N–H and O–H groups in total. The highest BCUT2D eigenvalue weighted by molar-refractivity contribution is 6.11. The lowest BCUT2D eigenvalue weighted by molar-refractivity contribution is -0.129. The van der Waals surface area contributed by atoms with E-state index in [2.05, 4.69) is 16.7 Å². The SMILES string of the molecule is C.C[C@@H](NC(=O)C(C(=O)Nc1ccc(C(=N)N)cc1)c1ccccc1)c1ccc2ccccc2c1.O=CO. The number of carbonyl (C=O) groups is 3. The number of nitrogen functional groups attached to an aromatic ring is 1. The van der Waals surface area contributed by atoms with Gasteiger partial charge < -0.3 is 21.5 Å². The first-order chi connectivity index (χ1) is 17.8. The van der Waals surface area contributed by atoms with Crippen LogP contribution in [0.3, 0.4) is 0 Å². The molecule has 0 aliphatic rings. The maximum atomic E-state index is 13.3. The number of hydrogen-bond acceptors (Lipinski definition) is 4. The molecule has 196 valence electrons. The first-order valence-corrected chi connectivity index (χ1v) is 11.5. The van der Waals surface area contributed by atoms with Gasteiger partial charge in [0.25, 0.3) is 6.47 Å². The van der Waals surface area contributed by atoms with Crippen LogP contribution in [0.25, 0.3) is 10.8 Å². The van der Waals surface area contributed by atoms with E-state index in [-0.39, 0.29) is 31.7 Å². The standard InChI is InChI=1S/C28H26N4O2.CH2O2.CH4/c1-18(22-12-11-19-7-5-6-10-23(19)17-22)31-27(33)25(20-8-3-2-4-9-20)28(34)32-24-15-13-21(14-16-24)26(29)30;2-1-3;/h2-18,25H,1H3,(H3,29,30)(H,31,33)(H,32,34);1H,(H,2,3);1H4/t18-,25?;;/m1../s1. The molecule has 0 fully saturated rings. The number of anilines is 1. The molecule has 0 aromatic heterocycles. The van der Waals surface area contributed by atoms with Gasteiger partial charge in [0.05, 0.1) is 6.04 Å². The number of fused-ring (bicyclic) bond motifs is 1. The molecule has 0 saturated carbocycles. The van der Waals surface area contributed by atoms with Crippen LogP contribution >= 0.6 is 0 Å². The van der Waals surface area contributed by atoms with Crippen molar-refractivity contribution in [3.05, 3.63) is 114 Å². The number of amides is 2. The summed E-state index contributed by atoms with van der Waals surface area (Å²) in [7, 11) is 0. The summed E-state index contributed by atoms with van der Waals surface area (Å²) in [5, 5.41) is 22.4. The van der Waals surface area contributed by atoms with Gasteiger partial charge in [-0.15, -0.1) is 0 Å². The number of amidine groups is 1. The molecule has 8 nitrogen and oxygen atoms in total. The van der Waals surface area contributed by atoms with Gasteiger partial charge in [-0.05, 0) is 59.2 Å². The zero-order valence-corrected chi connectivity index (χ0v) is 20.2. The van der Waals surface area contributed by atoms with Crippen LogP contribution in [-0.4, -0.2) is 29.2 Å². The Labute approximate surface area is 222 Å². The Morgan fingerprint density at radius 1 is 0.842 bits per heavy atom. The number of nitrogens with one attached hydrogen (secondary N) is 3. The molecule has 8 heteroatoms. The fraction of sp³-hybridized carbons (Fsp3) is 0.133. The van der Waals surface area contributed by atoms with Crippen molar-refractivity contribution < 1.29 is 19.5 Å². The topological polar surface area (TPSA) is 145 Å². The Kier molecular flexibility index (Phi) is 10.7. The normalized spacial score (nSPS) is 11.5. The lowest BCUT2D eigenvalue weighted by Crippen LogP contribution is -2.37. The van der Waals surface area contributed by atoms with Crippen molar-refractivity contribution in [1.82, 2.24) is 5.32 Å². The molecule has 4 aromatic carbocycles. The third kappa shape index (κ3) is 7.51. The van der Waals surface area contributed by atoms with E-state index in [1.807, 2.05) is 49.4 Å². The van der Waals surface area contributed by atoms with Gasteiger partial charge in [0.1, 0.15) is 11.8 Å². The van der Waals surface area contributed by atoms with Gasteiger partial charge in [-0.2, -0.15) is 0 Å². The van der Waals surface area contributed by atoms with Crippen molar-refractivity contribution in [2.45, 2.75) is 26.3 Å². The Hall–Kier alpha value is -4.98. The summed E-state index contributed by atoms with van der Waals surface area (Å²) < 4.78 is 0. The van der Waals surface area contributed by atoms with E-state index in [0.29, 0.717) is 16.8 Å². The number of benzene rings is 4. The van der Waals surface area contributed by atoms with E-state index < -0.39 is 11.8 Å². The lowest BCUT2D eigenvalue weighted by atomic mass is 9.95. The van der Waals surface area contributed by atoms with Crippen LogP contribution in [0, 0.1) is 5.41 Å². The third-order valence-corrected chi connectivity index (χ3v) is 5.75. The lowest BCUT2D eigenvalue weighted by Gasteiger charge is -2.21. The van der Waals surface area contributed by atoms with Crippen LogP contribution in [0.2, 0.25) is 0 Å². The van der Waals surface area contributed by atoms with Crippen molar-refractivity contribution in [3.8, 4) is 0 Å². The Morgan fingerprint density at radius 2 is 1.42 bits per heavy atom. The number of carbonyl (C=O) groups excluding carboxylic acids is 2. The van der Waals surface area contributed by atoms with Crippen LogP contribution in [0.5, 0.6) is 0 Å². The monoisotopic (exact) mass is 512 g/mol. The Morgan fingerprint density at radius 3 is 2.03 bits per heavy atom. The smallest absolute Gasteiger partial charge is 0.290 e. The van der Waals surface area contributed by atoms with E-state index >= 15 is 0 Å². The van der Waals surface area contributed by atoms with Gasteiger partial charge in [-0.25, -0.2) is 0 Å². The second kappa shape index (κ2) is 13.9. The Bertz CT molecular complexity index is 1390. The van der Waals surface area contributed by atoms with Crippen LogP contribution < -0.4 is 16.4 Å². The van der Waals surface area contributed by atoms with E-state index in [1.165, 1.54) is 0 Å². The van der Waals surface area contributed by atoms with Gasteiger partial charge in [0.2, 0.25) is 11.8 Å². The molecule has 0 bridgehead atoms. The van der Waals surface area contributed by atoms with E-state index in [0.717, 1.165) is 16.3 Å². The summed E-state index contributed by atoms with van der Waals surface area (Å²) in [6.07, 6.45) is 0. The number of hydrogen-bond donors (Lipinski definition) is 5. The molecule has 0 radical (unpaired) electrons. The number of rotatable bonds is 7. The van der Waals surface area contributed by atoms with Gasteiger partial charge in [-0.3, -0.25) is 19.8 Å². The molecular formula is C30H32N4O4. The quantitative estimate of drug-likeness (QED) is 0.102. The average Bonchev–Trinajstić information content (AvgIpc) is 2.90. The molecule has 0 spiro atoms. The number of nitrogens with two attached hydrogens (primary N) is 1. The van der Waals surface area contributed by atoms with Crippen molar-refractivity contribution in [2.24, 2.45) is 5.73 Å². The van der Waals surface area contributed by atoms with Crippen molar-refractivity contribution in [1.29, 1.82) is 5.41 Å². The predicted molar refractivity (Wildman–Crippen MR) is 151 cm³/mol. The average molecular weight is 513 g/mol. The van der Waals surface area contributed by atoms with Gasteiger partial charge in [0, 0.05) is 11.3 Å². The van der Waals surface area contributed by atoms with E-state index in [9.17, 15) is 9.59 Å². The fourth-order valence-electron chi connectivity index (χ4n) is 3.87. The molecule has 0 aliphatic carbocycles. The van der Waals surface area contributed by atoms with Crippen molar-refractivity contribution >= 4 is 40.6 Å². The van der Waals surface area contributed by atoms with Crippen LogP contribution in [0.4, 0.5) is 5.69 Å². The van der Waals surface area contributed by atoms with Crippen LogP contribution in [0.1, 0.15) is 43.0 Å². The minimum Gasteiger partial charge on any atom is -0.483 e. The second-order valence-corrected chi connectivity index (χ2v) is 8.27. The molecule has 2 amide bonds. The summed E-state index contributed by atoms with van der Waals surface area (Å²) in [6, 6.07) is 29.4. The van der Waals surface area contributed by atoms with Gasteiger partial charge in [0.15, 0.2) is 0 Å². The van der Waals surface area contributed by atoms with E-state index in [1.54, 1.807) is 48.5 Å². The molecule has 0 aliphatic heterocycles. The first-order valence-electron chi connectivity index (χ1n) is 11.5. The summed E-state index contributed by atoms with van der Waals surface area (Å²) in [4.78, 5) is 34.9. The highest BCUT2D eigenvalue weighted by atomic mass is 16.3. The molecule has 0 heterocycles. The summed E-state index contributed by atoms with van der Waals surface area (Å²) in [5.41, 5.74) is 8.13. The molecule has 1 unspecified atom stereocenters. The molecule has 38 heavy (non-hydrogen) atoms. The summed E-state index contributed by atoms with van der Waals surface area (Å²) in [5.74, 6) is -1.91. The van der Waals surface area contributed by atoms with Crippen LogP contribution in [-0.2, 0) is 14.4 Å². The van der Waals surface area contributed by atoms with Crippen molar-refractivity contribution in [2.75, 3.05) is 5.32 Å².